The van der Waals surface area contributed by atoms with E-state index in [1.807, 2.05) is 72.8 Å². The molecule has 398 valence electrons. The molecule has 0 fully saturated rings. The maximum absolute atomic E-state index is 11.7. The summed E-state index contributed by atoms with van der Waals surface area (Å²) in [4.78, 5) is 65.6. The zero-order valence-electron chi connectivity index (χ0n) is 43.1. The average Bonchev–Trinajstić information content (AvgIpc) is 3.50. The first-order valence-corrected chi connectivity index (χ1v) is 25.8. The van der Waals surface area contributed by atoms with E-state index >= 15 is 0 Å². The third-order valence-corrected chi connectivity index (χ3v) is 13.5. The summed E-state index contributed by atoms with van der Waals surface area (Å²) in [7, 11) is 0. The number of hydrogen-bond donors (Lipinski definition) is 0. The number of hydrogen-bond acceptors (Lipinski definition) is 13. The van der Waals surface area contributed by atoms with E-state index in [9.17, 15) is 28.8 Å². The van der Waals surface area contributed by atoms with Gasteiger partial charge in [0.15, 0.2) is 6.61 Å². The number of esters is 2. The van der Waals surface area contributed by atoms with Crippen LogP contribution in [-0.2, 0) is 49.5 Å². The molecule has 0 N–H and O–H groups in total. The Labute approximate surface area is 457 Å². The minimum Gasteiger partial charge on any atom is -0.491 e. The number of ether oxygens (including phenoxy) is 7. The van der Waals surface area contributed by atoms with Crippen LogP contribution < -0.4 is 18.9 Å². The highest BCUT2D eigenvalue weighted by Gasteiger charge is 2.30. The Bertz CT molecular complexity index is 3350. The largest absolute Gasteiger partial charge is 0.491 e. The van der Waals surface area contributed by atoms with Crippen molar-refractivity contribution in [2.45, 2.75) is 50.1 Å². The van der Waals surface area contributed by atoms with Crippen molar-refractivity contribution in [1.82, 2.24) is 0 Å². The summed E-state index contributed by atoms with van der Waals surface area (Å²) < 4.78 is 38.6. The minimum absolute atomic E-state index is 0.0220. The van der Waals surface area contributed by atoms with E-state index in [2.05, 4.69) is 36.4 Å². The summed E-state index contributed by atoms with van der Waals surface area (Å²) in [6.45, 7) is 0.848. The zero-order chi connectivity index (χ0) is 54.8. The van der Waals surface area contributed by atoms with Crippen molar-refractivity contribution >= 4 is 37.1 Å². The lowest BCUT2D eigenvalue weighted by atomic mass is 9.85. The second-order valence-electron chi connectivity index (χ2n) is 18.7. The van der Waals surface area contributed by atoms with E-state index in [1.165, 1.54) is 33.4 Å². The smallest absolute Gasteiger partial charge is 0.344 e. The molecule has 4 atom stereocenters. The van der Waals surface area contributed by atoms with Crippen molar-refractivity contribution < 1.29 is 61.9 Å². The normalized spacial score (nSPS) is 16.0. The van der Waals surface area contributed by atoms with Crippen LogP contribution in [0, 0.1) is 0 Å². The lowest BCUT2D eigenvalue weighted by Gasteiger charge is -2.30. The summed E-state index contributed by atoms with van der Waals surface area (Å²) in [5.74, 6) is 1.67. The first-order chi connectivity index (χ1) is 38.7. The van der Waals surface area contributed by atoms with Crippen molar-refractivity contribution in [2.24, 2.45) is 0 Å². The predicted molar refractivity (Wildman–Crippen MR) is 294 cm³/mol. The zero-order valence-corrected chi connectivity index (χ0v) is 43.1. The topological polar surface area (TPSA) is 167 Å². The SMILES string of the molecule is O=Cc1ccc(OC(=O)COC2Cc3ccccc32)cc1.O=Cc1ccc(OC2Cc3ccccc32)cc1.O=Cc1ccc(OCC(=O)OC2Cc3ccccc32)cc1.O=Cc1ccc(OCCOC2Cc3ccccc32)cc1. The fraction of sp³-hybridized carbons (Fsp3) is 0.182. The van der Waals surface area contributed by atoms with Crippen LogP contribution in [0.2, 0.25) is 0 Å². The van der Waals surface area contributed by atoms with E-state index in [1.54, 1.807) is 84.9 Å². The molecule has 4 aliphatic rings. The Morgan fingerprint density at radius 2 is 0.722 bits per heavy atom. The summed E-state index contributed by atoms with van der Waals surface area (Å²) in [6.07, 6.45) is 6.89. The number of carbonyl (C=O) groups excluding carboxylic acids is 6. The fourth-order valence-electron chi connectivity index (χ4n) is 9.06. The lowest BCUT2D eigenvalue weighted by molar-refractivity contribution is -0.153. The van der Waals surface area contributed by atoms with Crippen LogP contribution in [0.1, 0.15) is 110 Å². The Balaban J connectivity index is 0.000000128. The van der Waals surface area contributed by atoms with Crippen LogP contribution in [0.5, 0.6) is 23.0 Å². The van der Waals surface area contributed by atoms with Gasteiger partial charge in [0.05, 0.1) is 18.8 Å². The highest BCUT2D eigenvalue weighted by Crippen LogP contribution is 2.39. The molecule has 0 saturated carbocycles. The van der Waals surface area contributed by atoms with Gasteiger partial charge in [-0.2, -0.15) is 0 Å². The van der Waals surface area contributed by atoms with Crippen molar-refractivity contribution in [2.75, 3.05) is 26.4 Å². The highest BCUT2D eigenvalue weighted by molar-refractivity contribution is 5.77. The Morgan fingerprint density at radius 1 is 0.354 bits per heavy atom. The third kappa shape index (κ3) is 14.8. The molecule has 12 rings (SSSR count). The first-order valence-electron chi connectivity index (χ1n) is 25.8. The molecule has 8 aromatic rings. The second kappa shape index (κ2) is 27.1. The van der Waals surface area contributed by atoms with Gasteiger partial charge in [-0.1, -0.05) is 97.1 Å². The molecule has 0 saturated heterocycles. The van der Waals surface area contributed by atoms with Crippen molar-refractivity contribution in [3.63, 3.8) is 0 Å². The van der Waals surface area contributed by atoms with Crippen molar-refractivity contribution in [3.8, 4) is 23.0 Å². The van der Waals surface area contributed by atoms with Crippen LogP contribution in [0.3, 0.4) is 0 Å². The highest BCUT2D eigenvalue weighted by atomic mass is 16.6. The maximum Gasteiger partial charge on any atom is 0.344 e. The van der Waals surface area contributed by atoms with Gasteiger partial charge in [-0.25, -0.2) is 9.59 Å². The number of rotatable bonds is 19. The van der Waals surface area contributed by atoms with Gasteiger partial charge in [0.25, 0.3) is 0 Å². The molecule has 0 aromatic heterocycles. The molecule has 0 radical (unpaired) electrons. The summed E-state index contributed by atoms with van der Waals surface area (Å²) in [5.41, 5.74) is 12.4. The fourth-order valence-corrected chi connectivity index (χ4v) is 9.06. The number of carbonyl (C=O) groups is 6. The van der Waals surface area contributed by atoms with E-state index in [0.29, 0.717) is 47.0 Å². The van der Waals surface area contributed by atoms with Crippen LogP contribution in [-0.4, -0.2) is 63.5 Å². The molecule has 4 unspecified atom stereocenters. The van der Waals surface area contributed by atoms with Gasteiger partial charge < -0.3 is 33.2 Å². The molecule has 13 nitrogen and oxygen atoms in total. The van der Waals surface area contributed by atoms with Gasteiger partial charge in [0.2, 0.25) is 0 Å². The average molecular weight is 1060 g/mol. The molecule has 0 amide bonds. The Morgan fingerprint density at radius 3 is 1.18 bits per heavy atom. The second-order valence-corrected chi connectivity index (χ2v) is 18.7. The van der Waals surface area contributed by atoms with E-state index in [0.717, 1.165) is 73.5 Å². The minimum atomic E-state index is -0.446. The van der Waals surface area contributed by atoms with Crippen LogP contribution >= 0.6 is 0 Å². The molecule has 79 heavy (non-hydrogen) atoms. The summed E-state index contributed by atoms with van der Waals surface area (Å²) in [5, 5.41) is 0. The third-order valence-electron chi connectivity index (χ3n) is 13.5. The first kappa shape index (κ1) is 54.5. The molecular weight excluding hydrogens is 1000 g/mol. The van der Waals surface area contributed by atoms with Crippen LogP contribution in [0.4, 0.5) is 0 Å². The summed E-state index contributed by atoms with van der Waals surface area (Å²) >= 11 is 0. The van der Waals surface area contributed by atoms with Gasteiger partial charge in [-0.3, -0.25) is 19.2 Å². The quantitative estimate of drug-likeness (QED) is 0.0325. The maximum atomic E-state index is 11.7. The monoisotopic (exact) mass is 1060 g/mol. The van der Waals surface area contributed by atoms with Crippen LogP contribution in [0.25, 0.3) is 0 Å². The van der Waals surface area contributed by atoms with Gasteiger partial charge in [0.1, 0.15) is 73.6 Å². The Hall–Kier alpha value is -9.30. The molecule has 0 heterocycles. The molecule has 0 spiro atoms. The van der Waals surface area contributed by atoms with Crippen molar-refractivity contribution in [1.29, 1.82) is 0 Å². The molecule has 0 bridgehead atoms. The van der Waals surface area contributed by atoms with E-state index in [4.69, 9.17) is 33.2 Å². The van der Waals surface area contributed by atoms with Crippen LogP contribution in [0.15, 0.2) is 194 Å². The van der Waals surface area contributed by atoms with Crippen molar-refractivity contribution in [3.05, 3.63) is 261 Å². The molecule has 13 heteroatoms. The van der Waals surface area contributed by atoms with Gasteiger partial charge in [-0.15, -0.1) is 0 Å². The van der Waals surface area contributed by atoms with Gasteiger partial charge in [0, 0.05) is 47.9 Å². The molecule has 8 aromatic carbocycles. The predicted octanol–water partition coefficient (Wildman–Crippen LogP) is 11.8. The summed E-state index contributed by atoms with van der Waals surface area (Å²) in [6, 6.07) is 59.8. The molecular formula is C66H56O13. The van der Waals surface area contributed by atoms with Gasteiger partial charge >= 0.3 is 11.9 Å². The molecule has 4 aliphatic carbocycles. The van der Waals surface area contributed by atoms with E-state index < -0.39 is 11.9 Å². The standard InChI is InChI=1S/2C17H14O4.C17H16O3.C15H12O2/c18-10-12-5-7-14(8-6-12)21-17(19)11-20-16-9-13-3-1-2-4-15(13)16;18-10-12-5-7-14(8-6-12)20-11-17(19)21-16-9-13-3-1-2-4-15(13)16;18-12-13-5-7-15(8-6-13)19-9-10-20-17-11-14-3-1-2-4-16(14)17;16-10-11-5-7-13(8-6-11)17-15-9-12-3-1-2-4-14(12)15/h2*1-8,10,16H,9,11H2;1-8,12,17H,9-11H2;1-8,10,15H,9H2. The number of fused-ring (bicyclic) bond motifs is 4. The molecule has 0 aliphatic heterocycles. The van der Waals surface area contributed by atoms with E-state index in [-0.39, 0.29) is 37.6 Å². The Kier molecular flexibility index (Phi) is 18.7. The lowest BCUT2D eigenvalue weighted by Crippen LogP contribution is -2.25. The number of aldehydes is 4. The number of benzene rings is 8. The van der Waals surface area contributed by atoms with Gasteiger partial charge in [-0.05, 0) is 142 Å².